The second kappa shape index (κ2) is 11.5. The number of nitrogens with zero attached hydrogens (tertiary/aromatic N) is 1. The Morgan fingerprint density at radius 3 is 2.67 bits per heavy atom. The summed E-state index contributed by atoms with van der Waals surface area (Å²) in [5.74, 6) is -1.66. The van der Waals surface area contributed by atoms with E-state index in [4.69, 9.17) is 4.74 Å². The molecule has 8 nitrogen and oxygen atoms in total. The number of carbonyl (C=O) groups excluding carboxylic acids is 3. The third kappa shape index (κ3) is 7.17. The molecule has 0 heterocycles. The van der Waals surface area contributed by atoms with Gasteiger partial charge in [0, 0.05) is 22.3 Å². The van der Waals surface area contributed by atoms with Crippen LogP contribution in [0, 0.1) is 6.92 Å². The van der Waals surface area contributed by atoms with Crippen LogP contribution in [0.1, 0.15) is 11.1 Å². The smallest absolute Gasteiger partial charge is 0.329 e. The normalized spacial score (nSPS) is 10.3. The molecule has 0 saturated carbocycles. The number of amides is 3. The summed E-state index contributed by atoms with van der Waals surface area (Å²) in [6, 6.07) is 12.3. The van der Waals surface area contributed by atoms with Crippen molar-refractivity contribution in [2.24, 2.45) is 5.10 Å². The second-order valence-electron chi connectivity index (χ2n) is 6.04. The first-order valence-electron chi connectivity index (χ1n) is 8.90. The number of benzene rings is 2. The number of hydrazone groups is 1. The van der Waals surface area contributed by atoms with Gasteiger partial charge in [0.1, 0.15) is 5.75 Å². The summed E-state index contributed by atoms with van der Waals surface area (Å²) in [5, 5.41) is 8.84. The van der Waals surface area contributed by atoms with Gasteiger partial charge in [-0.15, -0.1) is 6.58 Å². The molecule has 2 rings (SSSR count). The summed E-state index contributed by atoms with van der Waals surface area (Å²) >= 11 is 3.41. The number of halogens is 1. The monoisotopic (exact) mass is 472 g/mol. The zero-order valence-corrected chi connectivity index (χ0v) is 17.9. The third-order valence-corrected chi connectivity index (χ3v) is 4.59. The predicted molar refractivity (Wildman–Crippen MR) is 118 cm³/mol. The Bertz CT molecular complexity index is 975. The van der Waals surface area contributed by atoms with Gasteiger partial charge in [-0.25, -0.2) is 5.43 Å². The van der Waals surface area contributed by atoms with Crippen LogP contribution in [0.15, 0.2) is 64.7 Å². The molecule has 0 aromatic heterocycles. The minimum Gasteiger partial charge on any atom is -0.483 e. The van der Waals surface area contributed by atoms with Crippen LogP contribution < -0.4 is 20.8 Å². The van der Waals surface area contributed by atoms with E-state index in [0.717, 1.165) is 10.0 Å². The Balaban J connectivity index is 1.92. The molecule has 0 spiro atoms. The molecule has 156 valence electrons. The van der Waals surface area contributed by atoms with Crippen molar-refractivity contribution in [1.82, 2.24) is 10.7 Å². The number of rotatable bonds is 8. The lowest BCUT2D eigenvalue weighted by Crippen LogP contribution is -2.37. The highest BCUT2D eigenvalue weighted by Crippen LogP contribution is 2.20. The number of carbonyl (C=O) groups is 3. The molecule has 3 amide bonds. The first-order chi connectivity index (χ1) is 14.4. The number of anilines is 1. The van der Waals surface area contributed by atoms with E-state index in [-0.39, 0.29) is 19.1 Å². The summed E-state index contributed by atoms with van der Waals surface area (Å²) in [5.41, 5.74) is 4.30. The lowest BCUT2D eigenvalue weighted by atomic mass is 10.2. The van der Waals surface area contributed by atoms with E-state index in [0.29, 0.717) is 17.0 Å². The van der Waals surface area contributed by atoms with Gasteiger partial charge >= 0.3 is 11.8 Å². The summed E-state index contributed by atoms with van der Waals surface area (Å²) in [6.45, 7) is 5.33. The predicted octanol–water partition coefficient (Wildman–Crippen LogP) is 2.53. The summed E-state index contributed by atoms with van der Waals surface area (Å²) in [7, 11) is 0. The van der Waals surface area contributed by atoms with E-state index in [1.807, 2.05) is 19.1 Å². The maximum absolute atomic E-state index is 12.2. The van der Waals surface area contributed by atoms with Gasteiger partial charge in [-0.3, -0.25) is 14.4 Å². The molecule has 0 saturated heterocycles. The molecule has 0 aliphatic heterocycles. The van der Waals surface area contributed by atoms with E-state index in [9.17, 15) is 14.4 Å². The Kier molecular flexibility index (Phi) is 8.76. The number of hydrogen-bond acceptors (Lipinski definition) is 5. The quantitative estimate of drug-likeness (QED) is 0.237. The highest BCUT2D eigenvalue weighted by atomic mass is 79.9. The zero-order valence-electron chi connectivity index (χ0n) is 16.3. The lowest BCUT2D eigenvalue weighted by Gasteiger charge is -2.10. The fourth-order valence-electron chi connectivity index (χ4n) is 2.24. The van der Waals surface area contributed by atoms with E-state index in [1.165, 1.54) is 12.3 Å². The first-order valence-corrected chi connectivity index (χ1v) is 9.70. The van der Waals surface area contributed by atoms with E-state index in [1.54, 1.807) is 30.3 Å². The Morgan fingerprint density at radius 2 is 1.93 bits per heavy atom. The Morgan fingerprint density at radius 1 is 1.17 bits per heavy atom. The largest absolute Gasteiger partial charge is 0.483 e. The summed E-state index contributed by atoms with van der Waals surface area (Å²) < 4.78 is 6.52. The van der Waals surface area contributed by atoms with Crippen LogP contribution in [0.4, 0.5) is 5.69 Å². The molecule has 0 fully saturated rings. The van der Waals surface area contributed by atoms with Crippen LogP contribution in [-0.2, 0) is 14.4 Å². The average Bonchev–Trinajstić information content (AvgIpc) is 2.73. The van der Waals surface area contributed by atoms with Crippen molar-refractivity contribution in [2.75, 3.05) is 18.5 Å². The minimum absolute atomic E-state index is 0.175. The van der Waals surface area contributed by atoms with Crippen molar-refractivity contribution in [3.05, 3.63) is 70.7 Å². The fourth-order valence-corrected chi connectivity index (χ4v) is 2.48. The maximum atomic E-state index is 12.2. The van der Waals surface area contributed by atoms with Crippen LogP contribution in [0.25, 0.3) is 0 Å². The van der Waals surface area contributed by atoms with Gasteiger partial charge in [0.05, 0.1) is 6.21 Å². The van der Waals surface area contributed by atoms with Crippen molar-refractivity contribution < 1.29 is 19.1 Å². The molecule has 0 unspecified atom stereocenters. The van der Waals surface area contributed by atoms with Gasteiger partial charge in [0.15, 0.2) is 6.61 Å². The molecule has 0 radical (unpaired) electrons. The van der Waals surface area contributed by atoms with Crippen molar-refractivity contribution in [1.29, 1.82) is 0 Å². The fraction of sp³-hybridized carbons (Fsp3) is 0.143. The average molecular weight is 473 g/mol. The van der Waals surface area contributed by atoms with E-state index < -0.39 is 11.8 Å². The molecule has 0 aliphatic rings. The minimum atomic E-state index is -0.907. The van der Waals surface area contributed by atoms with Crippen molar-refractivity contribution in [3.8, 4) is 5.75 Å². The van der Waals surface area contributed by atoms with E-state index in [2.05, 4.69) is 43.7 Å². The molecule has 0 bridgehead atoms. The molecule has 2 aromatic rings. The third-order valence-electron chi connectivity index (χ3n) is 3.70. The number of hydrogen-bond donors (Lipinski definition) is 3. The molecule has 9 heteroatoms. The molecule has 0 aliphatic carbocycles. The first kappa shape index (κ1) is 22.8. The van der Waals surface area contributed by atoms with Gasteiger partial charge < -0.3 is 15.4 Å². The molecule has 0 atom stereocenters. The SMILES string of the molecule is C=CCNC(=O)C(=O)N/N=C\c1ccccc1OCC(=O)Nc1ccc(Br)c(C)c1. The van der Waals surface area contributed by atoms with Crippen LogP contribution in [0.5, 0.6) is 5.75 Å². The van der Waals surface area contributed by atoms with Crippen molar-refractivity contribution in [2.45, 2.75) is 6.92 Å². The zero-order chi connectivity index (χ0) is 21.9. The lowest BCUT2D eigenvalue weighted by molar-refractivity contribution is -0.139. The van der Waals surface area contributed by atoms with Gasteiger partial charge in [0.25, 0.3) is 5.91 Å². The summed E-state index contributed by atoms with van der Waals surface area (Å²) in [4.78, 5) is 35.2. The van der Waals surface area contributed by atoms with E-state index >= 15 is 0 Å². The van der Waals surface area contributed by atoms with Crippen LogP contribution in [0.2, 0.25) is 0 Å². The molecule has 3 N–H and O–H groups in total. The van der Waals surface area contributed by atoms with Crippen LogP contribution in [0.3, 0.4) is 0 Å². The van der Waals surface area contributed by atoms with Gasteiger partial charge in [-0.1, -0.05) is 34.1 Å². The van der Waals surface area contributed by atoms with Gasteiger partial charge in [-0.2, -0.15) is 5.10 Å². The van der Waals surface area contributed by atoms with Crippen LogP contribution in [-0.4, -0.2) is 37.1 Å². The number of nitrogens with one attached hydrogen (secondary N) is 3. The molecule has 2 aromatic carbocycles. The molecular formula is C21H21BrN4O4. The van der Waals surface area contributed by atoms with Crippen molar-refractivity contribution in [3.63, 3.8) is 0 Å². The second-order valence-corrected chi connectivity index (χ2v) is 6.89. The van der Waals surface area contributed by atoms with Crippen molar-refractivity contribution >= 4 is 45.6 Å². The van der Waals surface area contributed by atoms with Crippen LogP contribution >= 0.6 is 15.9 Å². The number of aryl methyl sites for hydroxylation is 1. The molecule has 30 heavy (non-hydrogen) atoms. The van der Waals surface area contributed by atoms with Gasteiger partial charge in [0.2, 0.25) is 0 Å². The Hall–Kier alpha value is -3.46. The molecular weight excluding hydrogens is 452 g/mol. The maximum Gasteiger partial charge on any atom is 0.329 e. The Labute approximate surface area is 182 Å². The number of para-hydroxylation sites is 1. The van der Waals surface area contributed by atoms with Gasteiger partial charge in [-0.05, 0) is 42.8 Å². The highest BCUT2D eigenvalue weighted by molar-refractivity contribution is 9.10. The number of ether oxygens (including phenoxy) is 1. The standard InChI is InChI=1S/C21H21BrN4O4/c1-3-10-23-20(28)21(29)26-24-12-15-6-4-5-7-18(15)30-13-19(27)25-16-8-9-17(22)14(2)11-16/h3-9,11-12H,1,10,13H2,2H3,(H,23,28)(H,25,27)(H,26,29)/b24-12-. The summed E-state index contributed by atoms with van der Waals surface area (Å²) in [6.07, 6.45) is 2.78. The highest BCUT2D eigenvalue weighted by Gasteiger charge is 2.11. The topological polar surface area (TPSA) is 109 Å².